The number of carbonyl (C=O) groups is 1. The molecule has 7 heteroatoms. The molecule has 0 bridgehead atoms. The van der Waals surface area contributed by atoms with Crippen LogP contribution in [0.3, 0.4) is 0 Å². The molecule has 2 nitrogen and oxygen atoms in total. The van der Waals surface area contributed by atoms with E-state index in [1.165, 1.54) is 0 Å². The summed E-state index contributed by atoms with van der Waals surface area (Å²) < 4.78 is 4.98. The van der Waals surface area contributed by atoms with Crippen LogP contribution in [0.5, 0.6) is 0 Å². The van der Waals surface area contributed by atoms with Gasteiger partial charge in [-0.1, -0.05) is 0 Å². The molecule has 18 heavy (non-hydrogen) atoms. The fourth-order valence-corrected chi connectivity index (χ4v) is 5.59. The van der Waals surface area contributed by atoms with Crippen LogP contribution in [0.25, 0.3) is 0 Å². The number of benzene rings is 1. The Labute approximate surface area is 127 Å². The molecule has 0 saturated heterocycles. The molecule has 0 radical (unpaired) electrons. The molecular formula is C11H12Cl4O2Te. The van der Waals surface area contributed by atoms with Crippen LogP contribution in [0, 0.1) is 0 Å². The van der Waals surface area contributed by atoms with E-state index in [9.17, 15) is 4.79 Å². The van der Waals surface area contributed by atoms with Gasteiger partial charge in [-0.15, -0.1) is 0 Å². The Morgan fingerprint density at radius 1 is 1.28 bits per heavy atom. The van der Waals surface area contributed by atoms with Crippen LogP contribution in [0.2, 0.25) is 3.97 Å². The number of alkyl halides is 1. The van der Waals surface area contributed by atoms with Gasteiger partial charge in [0.1, 0.15) is 0 Å². The Bertz CT molecular complexity index is 394. The molecule has 0 aliphatic heterocycles. The van der Waals surface area contributed by atoms with Crippen LogP contribution >= 0.6 is 38.5 Å². The van der Waals surface area contributed by atoms with E-state index >= 15 is 0 Å². The van der Waals surface area contributed by atoms with Crippen molar-refractivity contribution in [2.45, 2.75) is 17.0 Å². The van der Waals surface area contributed by atoms with Gasteiger partial charge in [-0.05, 0) is 0 Å². The minimum atomic E-state index is -3.48. The van der Waals surface area contributed by atoms with E-state index < -0.39 is 26.9 Å². The van der Waals surface area contributed by atoms with Gasteiger partial charge in [0.15, 0.2) is 0 Å². The molecule has 1 rings (SSSR count). The van der Waals surface area contributed by atoms with Gasteiger partial charge in [0.05, 0.1) is 0 Å². The van der Waals surface area contributed by atoms with E-state index in [4.69, 9.17) is 43.2 Å². The zero-order valence-corrected chi connectivity index (χ0v) is 14.8. The van der Waals surface area contributed by atoms with E-state index in [1.54, 1.807) is 31.2 Å². The summed E-state index contributed by atoms with van der Waals surface area (Å²) in [4.78, 5) is 11.9. The molecule has 102 valence electrons. The summed E-state index contributed by atoms with van der Waals surface area (Å²) in [5.74, 6) is -0.343. The Morgan fingerprint density at radius 3 is 2.28 bits per heavy atom. The molecule has 0 saturated carbocycles. The molecule has 0 spiro atoms. The summed E-state index contributed by atoms with van der Waals surface area (Å²) in [6, 6.07) is 8.64. The van der Waals surface area contributed by atoms with Gasteiger partial charge in [-0.2, -0.15) is 0 Å². The van der Waals surface area contributed by atoms with Gasteiger partial charge in [-0.3, -0.25) is 0 Å². The minimum absolute atomic E-state index is 0.111. The van der Waals surface area contributed by atoms with Gasteiger partial charge in [-0.25, -0.2) is 0 Å². The normalized spacial score (nSPS) is 15.8. The van der Waals surface area contributed by atoms with E-state index in [0.717, 1.165) is 0 Å². The molecule has 0 unspecified atom stereocenters. The second kappa shape index (κ2) is 7.43. The van der Waals surface area contributed by atoms with Crippen molar-refractivity contribution in [3.63, 3.8) is 0 Å². The molecule has 0 aromatic heterocycles. The van der Waals surface area contributed by atoms with Crippen molar-refractivity contribution in [1.29, 1.82) is 0 Å². The first-order chi connectivity index (χ1) is 8.36. The van der Waals surface area contributed by atoms with Crippen LogP contribution < -0.4 is 0 Å². The third-order valence-electron chi connectivity index (χ3n) is 2.37. The molecule has 0 N–H and O–H groups in total. The Balaban J connectivity index is 2.73. The molecule has 0 aliphatic carbocycles. The monoisotopic (exact) mass is 446 g/mol. The second-order valence-corrected chi connectivity index (χ2v) is 21.5. The Morgan fingerprint density at radius 2 is 1.83 bits per heavy atom. The SMILES string of the molecule is C[C@@H]([C@@H](CCl)OC(=O)c1ccccc1)[Te](Cl)(Cl)Cl. The summed E-state index contributed by atoms with van der Waals surface area (Å²) >= 11 is 2.29. The Kier molecular flexibility index (Phi) is 6.89. The van der Waals surface area contributed by atoms with Crippen LogP contribution in [0.1, 0.15) is 17.3 Å². The number of esters is 1. The van der Waals surface area contributed by atoms with Crippen LogP contribution in [0.4, 0.5) is 0 Å². The first-order valence-corrected chi connectivity index (χ1v) is 15.8. The van der Waals surface area contributed by atoms with Gasteiger partial charge in [0.25, 0.3) is 0 Å². The Hall–Kier alpha value is 0.640. The summed E-state index contributed by atoms with van der Waals surface area (Å²) in [6.45, 7) is 1.75. The van der Waals surface area contributed by atoms with Gasteiger partial charge >= 0.3 is 128 Å². The second-order valence-electron chi connectivity index (χ2n) is 3.61. The van der Waals surface area contributed by atoms with Crippen molar-refractivity contribution in [3.05, 3.63) is 35.9 Å². The predicted molar refractivity (Wildman–Crippen MR) is 79.1 cm³/mol. The van der Waals surface area contributed by atoms with Crippen molar-refractivity contribution in [2.24, 2.45) is 0 Å². The number of hydrogen-bond donors (Lipinski definition) is 0. The zero-order chi connectivity index (χ0) is 13.8. The maximum atomic E-state index is 11.9. The van der Waals surface area contributed by atoms with Crippen molar-refractivity contribution >= 4 is 59.3 Å². The van der Waals surface area contributed by atoms with E-state index in [-0.39, 0.29) is 9.85 Å². The van der Waals surface area contributed by atoms with Crippen LogP contribution in [0.15, 0.2) is 30.3 Å². The maximum absolute atomic E-state index is 11.9. The van der Waals surface area contributed by atoms with Crippen molar-refractivity contribution in [3.8, 4) is 0 Å². The molecule has 1 aromatic rings. The van der Waals surface area contributed by atoms with Gasteiger partial charge in [0.2, 0.25) is 0 Å². The molecular weight excluding hydrogens is 434 g/mol. The van der Waals surface area contributed by atoms with Crippen molar-refractivity contribution < 1.29 is 9.53 Å². The van der Waals surface area contributed by atoms with Crippen molar-refractivity contribution in [2.75, 3.05) is 5.88 Å². The van der Waals surface area contributed by atoms with Crippen molar-refractivity contribution in [1.82, 2.24) is 0 Å². The molecule has 0 fully saturated rings. The average molecular weight is 446 g/mol. The quantitative estimate of drug-likeness (QED) is 0.379. The first kappa shape index (κ1) is 16.7. The standard InChI is InChI=1S/C11H12Cl4O2Te/c1-8(18(13,14)15)10(7-12)17-11(16)9-5-3-2-4-6-9/h2-6,8,10H,7H2,1H3/t8-,10+/m0/s1. The first-order valence-electron chi connectivity index (χ1n) is 5.09. The number of halogens is 4. The summed E-state index contributed by atoms with van der Waals surface area (Å²) in [7, 11) is 17.9. The van der Waals surface area contributed by atoms with Gasteiger partial charge in [0, 0.05) is 0 Å². The molecule has 0 amide bonds. The average Bonchev–Trinajstić information content (AvgIpc) is 2.34. The number of ether oxygens (including phenoxy) is 1. The topological polar surface area (TPSA) is 26.3 Å². The summed E-state index contributed by atoms with van der Waals surface area (Å²) in [5, 5.41) is 0. The number of rotatable bonds is 5. The molecule has 1 aromatic carbocycles. The van der Waals surface area contributed by atoms with Crippen LogP contribution in [-0.2, 0) is 4.74 Å². The third-order valence-corrected chi connectivity index (χ3v) is 11.6. The number of hydrogen-bond acceptors (Lipinski definition) is 2. The fraction of sp³-hybridized carbons (Fsp3) is 0.364. The molecule has 2 atom stereocenters. The zero-order valence-electron chi connectivity index (χ0n) is 9.49. The molecule has 0 heterocycles. The number of carbonyl (C=O) groups excluding carboxylic acids is 1. The molecule has 0 aliphatic rings. The van der Waals surface area contributed by atoms with Crippen LogP contribution in [-0.4, -0.2) is 32.8 Å². The van der Waals surface area contributed by atoms with E-state index in [0.29, 0.717) is 5.56 Å². The third kappa shape index (κ3) is 4.96. The predicted octanol–water partition coefficient (Wildman–Crippen LogP) is 4.50. The summed E-state index contributed by atoms with van der Waals surface area (Å²) in [6.07, 6.45) is -0.576. The van der Waals surface area contributed by atoms with E-state index in [2.05, 4.69) is 0 Å². The van der Waals surface area contributed by atoms with Gasteiger partial charge < -0.3 is 0 Å². The summed E-state index contributed by atoms with van der Waals surface area (Å²) in [5.41, 5.74) is 0.455. The fourth-order valence-electron chi connectivity index (χ4n) is 1.20. The van der Waals surface area contributed by atoms with E-state index in [1.807, 2.05) is 6.07 Å².